The number of likely N-dealkylation sites (tertiary alicyclic amines) is 1. The van der Waals surface area contributed by atoms with Crippen molar-refractivity contribution in [1.29, 1.82) is 0 Å². The fourth-order valence-electron chi connectivity index (χ4n) is 3.42. The second-order valence-electron chi connectivity index (χ2n) is 5.50. The van der Waals surface area contributed by atoms with Crippen molar-refractivity contribution < 1.29 is 0 Å². The summed E-state index contributed by atoms with van der Waals surface area (Å²) in [6.07, 6.45) is 5.43. The summed E-state index contributed by atoms with van der Waals surface area (Å²) in [6.45, 7) is 5.01. The zero-order valence-electron chi connectivity index (χ0n) is 10.2. The Kier molecular flexibility index (Phi) is 2.72. The predicted molar refractivity (Wildman–Crippen MR) is 67.5 cm³/mol. The summed E-state index contributed by atoms with van der Waals surface area (Å²) in [4.78, 5) is 2.72. The van der Waals surface area contributed by atoms with Crippen molar-refractivity contribution in [2.45, 2.75) is 38.6 Å². The number of rotatable bonds is 1. The molecule has 1 aliphatic carbocycles. The molecular formula is C15H21N. The van der Waals surface area contributed by atoms with E-state index in [0.29, 0.717) is 0 Å². The van der Waals surface area contributed by atoms with Crippen molar-refractivity contribution in [3.8, 4) is 0 Å². The van der Waals surface area contributed by atoms with Gasteiger partial charge in [0, 0.05) is 12.6 Å². The van der Waals surface area contributed by atoms with Crippen LogP contribution in [0, 0.1) is 5.92 Å². The third kappa shape index (κ3) is 1.78. The van der Waals surface area contributed by atoms with E-state index in [2.05, 4.69) is 36.1 Å². The van der Waals surface area contributed by atoms with Crippen LogP contribution < -0.4 is 0 Å². The first-order valence-corrected chi connectivity index (χ1v) is 6.66. The van der Waals surface area contributed by atoms with Crippen LogP contribution in [0.3, 0.4) is 0 Å². The number of hydrogen-bond acceptors (Lipinski definition) is 1. The maximum atomic E-state index is 2.72. The second-order valence-corrected chi connectivity index (χ2v) is 5.50. The molecule has 1 aromatic rings. The van der Waals surface area contributed by atoms with Crippen LogP contribution in [0.5, 0.6) is 0 Å². The van der Waals surface area contributed by atoms with Gasteiger partial charge in [-0.15, -0.1) is 0 Å². The average molecular weight is 215 g/mol. The largest absolute Gasteiger partial charge is 0.296 e. The lowest BCUT2D eigenvalue weighted by Gasteiger charge is -2.36. The van der Waals surface area contributed by atoms with E-state index in [1.54, 1.807) is 11.1 Å². The Labute approximate surface area is 98.5 Å². The third-order valence-electron chi connectivity index (χ3n) is 4.23. The summed E-state index contributed by atoms with van der Waals surface area (Å²) in [5.74, 6) is 0.890. The lowest BCUT2D eigenvalue weighted by molar-refractivity contribution is 0.129. The van der Waals surface area contributed by atoms with Crippen LogP contribution in [-0.2, 0) is 6.42 Å². The number of piperidine rings is 1. The van der Waals surface area contributed by atoms with Gasteiger partial charge in [0.2, 0.25) is 0 Å². The highest BCUT2D eigenvalue weighted by molar-refractivity contribution is 5.34. The van der Waals surface area contributed by atoms with E-state index in [1.807, 2.05) is 0 Å². The molecule has 1 heteroatoms. The van der Waals surface area contributed by atoms with Gasteiger partial charge < -0.3 is 0 Å². The van der Waals surface area contributed by atoms with Gasteiger partial charge in [0.15, 0.2) is 0 Å². The molecule has 0 amide bonds. The molecule has 1 fully saturated rings. The molecule has 1 nitrogen and oxygen atoms in total. The first-order chi connectivity index (χ1) is 7.84. The molecule has 2 atom stereocenters. The number of nitrogens with zero attached hydrogens (tertiary/aromatic N) is 1. The summed E-state index contributed by atoms with van der Waals surface area (Å²) in [6, 6.07) is 9.75. The molecule has 3 rings (SSSR count). The van der Waals surface area contributed by atoms with Gasteiger partial charge in [-0.05, 0) is 49.3 Å². The van der Waals surface area contributed by atoms with Crippen LogP contribution in [0.15, 0.2) is 24.3 Å². The van der Waals surface area contributed by atoms with E-state index >= 15 is 0 Å². The monoisotopic (exact) mass is 215 g/mol. The van der Waals surface area contributed by atoms with Crippen LogP contribution in [0.4, 0.5) is 0 Å². The van der Waals surface area contributed by atoms with Gasteiger partial charge in [0.25, 0.3) is 0 Å². The molecule has 1 saturated heterocycles. The Morgan fingerprint density at radius 3 is 2.94 bits per heavy atom. The van der Waals surface area contributed by atoms with E-state index in [-0.39, 0.29) is 0 Å². The maximum absolute atomic E-state index is 2.72. The molecule has 16 heavy (non-hydrogen) atoms. The van der Waals surface area contributed by atoms with Crippen molar-refractivity contribution in [2.75, 3.05) is 13.1 Å². The van der Waals surface area contributed by atoms with Crippen LogP contribution in [0.1, 0.15) is 43.4 Å². The molecule has 1 heterocycles. The number of benzene rings is 1. The lowest BCUT2D eigenvalue weighted by Crippen LogP contribution is -2.36. The van der Waals surface area contributed by atoms with Crippen LogP contribution in [0.2, 0.25) is 0 Å². The molecule has 0 aromatic heterocycles. The molecule has 1 aromatic carbocycles. The molecule has 0 spiro atoms. The Balaban J connectivity index is 1.81. The van der Waals surface area contributed by atoms with Gasteiger partial charge in [-0.3, -0.25) is 4.90 Å². The highest BCUT2D eigenvalue weighted by Crippen LogP contribution is 2.37. The van der Waals surface area contributed by atoms with Gasteiger partial charge >= 0.3 is 0 Å². The molecular weight excluding hydrogens is 194 g/mol. The van der Waals surface area contributed by atoms with E-state index < -0.39 is 0 Å². The van der Waals surface area contributed by atoms with Gasteiger partial charge in [-0.25, -0.2) is 0 Å². The van der Waals surface area contributed by atoms with E-state index in [9.17, 15) is 0 Å². The summed E-state index contributed by atoms with van der Waals surface area (Å²) in [5, 5.41) is 0. The van der Waals surface area contributed by atoms with Crippen molar-refractivity contribution >= 4 is 0 Å². The molecule has 1 aliphatic heterocycles. The van der Waals surface area contributed by atoms with E-state index in [4.69, 9.17) is 0 Å². The topological polar surface area (TPSA) is 3.24 Å². The second kappa shape index (κ2) is 4.21. The zero-order valence-corrected chi connectivity index (χ0v) is 10.2. The highest BCUT2D eigenvalue weighted by Gasteiger charge is 2.29. The van der Waals surface area contributed by atoms with Gasteiger partial charge in [-0.1, -0.05) is 31.2 Å². The normalized spacial score (nSPS) is 30.3. The fraction of sp³-hybridized carbons (Fsp3) is 0.600. The summed E-state index contributed by atoms with van der Waals surface area (Å²) < 4.78 is 0. The highest BCUT2D eigenvalue weighted by atomic mass is 15.2. The molecule has 2 unspecified atom stereocenters. The number of fused-ring (bicyclic) bond motifs is 1. The van der Waals surface area contributed by atoms with Crippen LogP contribution in [0.25, 0.3) is 0 Å². The third-order valence-corrected chi connectivity index (χ3v) is 4.23. The molecule has 0 N–H and O–H groups in total. The first-order valence-electron chi connectivity index (χ1n) is 6.66. The minimum absolute atomic E-state index is 0.721. The van der Waals surface area contributed by atoms with Gasteiger partial charge in [0.05, 0.1) is 0 Å². The van der Waals surface area contributed by atoms with Crippen LogP contribution in [-0.4, -0.2) is 18.0 Å². The standard InChI is InChI=1S/C15H21N/c1-12-5-4-10-16(11-12)15-9-8-13-6-2-3-7-14(13)15/h2-3,6-7,12,15H,4-5,8-11H2,1H3. The summed E-state index contributed by atoms with van der Waals surface area (Å²) >= 11 is 0. The summed E-state index contributed by atoms with van der Waals surface area (Å²) in [7, 11) is 0. The summed E-state index contributed by atoms with van der Waals surface area (Å²) in [5.41, 5.74) is 3.20. The molecule has 0 radical (unpaired) electrons. The maximum Gasteiger partial charge on any atom is 0.0354 e. The van der Waals surface area contributed by atoms with E-state index in [1.165, 1.54) is 38.8 Å². The van der Waals surface area contributed by atoms with Gasteiger partial charge in [0.1, 0.15) is 0 Å². The molecule has 0 bridgehead atoms. The van der Waals surface area contributed by atoms with E-state index in [0.717, 1.165) is 12.0 Å². The SMILES string of the molecule is CC1CCCN(C2CCc3ccccc32)C1. The predicted octanol–water partition coefficient (Wildman–Crippen LogP) is 3.41. The Hall–Kier alpha value is -0.820. The fourth-order valence-corrected chi connectivity index (χ4v) is 3.42. The zero-order chi connectivity index (χ0) is 11.0. The van der Waals surface area contributed by atoms with Crippen molar-refractivity contribution in [3.63, 3.8) is 0 Å². The molecule has 86 valence electrons. The first kappa shape index (κ1) is 10.3. The minimum atomic E-state index is 0.721. The Bertz CT molecular complexity index is 371. The van der Waals surface area contributed by atoms with Gasteiger partial charge in [-0.2, -0.15) is 0 Å². The van der Waals surface area contributed by atoms with Crippen molar-refractivity contribution in [1.82, 2.24) is 4.90 Å². The number of aryl methyl sites for hydroxylation is 1. The minimum Gasteiger partial charge on any atom is -0.296 e. The quantitative estimate of drug-likeness (QED) is 0.694. The average Bonchev–Trinajstić information content (AvgIpc) is 2.72. The van der Waals surface area contributed by atoms with Crippen molar-refractivity contribution in [3.05, 3.63) is 35.4 Å². The number of hydrogen-bond donors (Lipinski definition) is 0. The molecule has 2 aliphatic rings. The smallest absolute Gasteiger partial charge is 0.0354 e. The Morgan fingerprint density at radius 1 is 1.19 bits per heavy atom. The van der Waals surface area contributed by atoms with Crippen LogP contribution >= 0.6 is 0 Å². The Morgan fingerprint density at radius 2 is 2.06 bits per heavy atom. The van der Waals surface area contributed by atoms with Crippen molar-refractivity contribution in [2.24, 2.45) is 5.92 Å². The molecule has 0 saturated carbocycles. The lowest BCUT2D eigenvalue weighted by atomic mass is 9.97.